The fraction of sp³-hybridized carbons (Fsp3) is 0.875. The van der Waals surface area contributed by atoms with Gasteiger partial charge in [0.15, 0.2) is 0 Å². The van der Waals surface area contributed by atoms with Crippen molar-refractivity contribution in [3.63, 3.8) is 0 Å². The highest BCUT2D eigenvalue weighted by Crippen LogP contribution is 2.21. The number of aliphatic carboxylic acids is 1. The zero-order valence-corrected chi connectivity index (χ0v) is 14.1. The summed E-state index contributed by atoms with van der Waals surface area (Å²) in [6, 6.07) is -0.875. The molecule has 128 valence electrons. The Hall–Kier alpha value is -1.14. The minimum atomic E-state index is -1.01. The number of ether oxygens (including phenoxy) is 2. The van der Waals surface area contributed by atoms with Crippen molar-refractivity contribution < 1.29 is 24.2 Å². The number of hydrogen-bond acceptors (Lipinski definition) is 4. The van der Waals surface area contributed by atoms with Gasteiger partial charge in [-0.15, -0.1) is 0 Å². The van der Waals surface area contributed by atoms with Gasteiger partial charge in [-0.2, -0.15) is 0 Å². The van der Waals surface area contributed by atoms with E-state index in [0.717, 1.165) is 25.9 Å². The average molecular weight is 315 g/mol. The van der Waals surface area contributed by atoms with Crippen molar-refractivity contribution >= 4 is 11.9 Å². The number of amides is 1. The molecule has 6 heteroatoms. The van der Waals surface area contributed by atoms with Gasteiger partial charge in [-0.3, -0.25) is 4.79 Å². The first-order valence-corrected chi connectivity index (χ1v) is 7.95. The fourth-order valence-corrected chi connectivity index (χ4v) is 2.23. The first-order valence-electron chi connectivity index (χ1n) is 7.95. The molecule has 1 saturated heterocycles. The maximum Gasteiger partial charge on any atom is 0.326 e. The molecule has 6 nitrogen and oxygen atoms in total. The Bertz CT molecular complexity index is 371. The third-order valence-corrected chi connectivity index (χ3v) is 3.72. The molecule has 1 heterocycles. The van der Waals surface area contributed by atoms with Crippen molar-refractivity contribution in [3.05, 3.63) is 0 Å². The highest BCUT2D eigenvalue weighted by atomic mass is 16.5. The molecule has 0 spiro atoms. The number of nitrogens with one attached hydrogen (secondary N) is 1. The third kappa shape index (κ3) is 7.22. The van der Waals surface area contributed by atoms with Crippen LogP contribution >= 0.6 is 0 Å². The summed E-state index contributed by atoms with van der Waals surface area (Å²) in [5.41, 5.74) is 0.0281. The molecular formula is C16H29NO5. The van der Waals surface area contributed by atoms with E-state index in [-0.39, 0.29) is 17.4 Å². The van der Waals surface area contributed by atoms with Crippen molar-refractivity contribution in [1.29, 1.82) is 0 Å². The largest absolute Gasteiger partial charge is 0.480 e. The number of carbonyl (C=O) groups is 2. The summed E-state index contributed by atoms with van der Waals surface area (Å²) in [4.78, 5) is 23.3. The first-order chi connectivity index (χ1) is 10.2. The lowest BCUT2D eigenvalue weighted by Crippen LogP contribution is -2.46. The van der Waals surface area contributed by atoms with Crippen LogP contribution in [0, 0.1) is 5.41 Å². The van der Waals surface area contributed by atoms with Crippen molar-refractivity contribution in [1.82, 2.24) is 5.32 Å². The number of carbonyl (C=O) groups excluding carboxylic acids is 1. The van der Waals surface area contributed by atoms with Gasteiger partial charge in [0.25, 0.3) is 0 Å². The Morgan fingerprint density at radius 1 is 1.41 bits per heavy atom. The lowest BCUT2D eigenvalue weighted by atomic mass is 9.88. The van der Waals surface area contributed by atoms with Gasteiger partial charge in [0.05, 0.1) is 12.7 Å². The van der Waals surface area contributed by atoms with Gasteiger partial charge in [0.2, 0.25) is 5.91 Å². The van der Waals surface area contributed by atoms with E-state index in [1.54, 1.807) is 6.92 Å². The lowest BCUT2D eigenvalue weighted by Gasteiger charge is -2.23. The summed E-state index contributed by atoms with van der Waals surface area (Å²) in [5, 5.41) is 11.8. The Morgan fingerprint density at radius 2 is 2.09 bits per heavy atom. The molecule has 1 amide bonds. The smallest absolute Gasteiger partial charge is 0.326 e. The molecule has 0 radical (unpaired) electrons. The monoisotopic (exact) mass is 315 g/mol. The molecule has 1 aliphatic heterocycles. The van der Waals surface area contributed by atoms with E-state index < -0.39 is 18.1 Å². The van der Waals surface area contributed by atoms with Crippen LogP contribution in [0.5, 0.6) is 0 Å². The Labute approximate surface area is 132 Å². The van der Waals surface area contributed by atoms with Crippen LogP contribution in [0.3, 0.4) is 0 Å². The van der Waals surface area contributed by atoms with Crippen molar-refractivity contribution in [3.8, 4) is 0 Å². The summed E-state index contributed by atoms with van der Waals surface area (Å²) in [5.74, 6) is -1.40. The number of rotatable bonds is 8. The fourth-order valence-electron chi connectivity index (χ4n) is 2.23. The lowest BCUT2D eigenvalue weighted by molar-refractivity contribution is -0.145. The number of carboxylic acids is 1. The van der Waals surface area contributed by atoms with Gasteiger partial charge >= 0.3 is 5.97 Å². The third-order valence-electron chi connectivity index (χ3n) is 3.72. The molecule has 0 bridgehead atoms. The van der Waals surface area contributed by atoms with Gasteiger partial charge in [0, 0.05) is 6.61 Å². The van der Waals surface area contributed by atoms with Crippen LogP contribution < -0.4 is 5.32 Å². The molecule has 22 heavy (non-hydrogen) atoms. The normalized spacial score (nSPS) is 21.4. The van der Waals surface area contributed by atoms with Gasteiger partial charge in [-0.05, 0) is 38.0 Å². The second-order valence-corrected chi connectivity index (χ2v) is 7.11. The molecule has 3 atom stereocenters. The zero-order valence-electron chi connectivity index (χ0n) is 14.1. The maximum atomic E-state index is 12.0. The van der Waals surface area contributed by atoms with Gasteiger partial charge in [-0.25, -0.2) is 4.79 Å². The molecular weight excluding hydrogens is 286 g/mol. The van der Waals surface area contributed by atoms with Crippen molar-refractivity contribution in [2.45, 2.75) is 71.6 Å². The average Bonchev–Trinajstić information content (AvgIpc) is 2.92. The summed E-state index contributed by atoms with van der Waals surface area (Å²) < 4.78 is 10.9. The van der Waals surface area contributed by atoms with E-state index in [1.165, 1.54) is 0 Å². The molecule has 1 aliphatic rings. The Balaban J connectivity index is 2.38. The van der Waals surface area contributed by atoms with Crippen LogP contribution in [-0.2, 0) is 19.1 Å². The molecule has 0 aliphatic carbocycles. The summed E-state index contributed by atoms with van der Waals surface area (Å²) in [6.07, 6.45) is 2.45. The summed E-state index contributed by atoms with van der Waals surface area (Å²) in [6.45, 7) is 8.87. The van der Waals surface area contributed by atoms with Crippen LogP contribution in [-0.4, -0.2) is 48.4 Å². The summed E-state index contributed by atoms with van der Waals surface area (Å²) >= 11 is 0. The van der Waals surface area contributed by atoms with Crippen molar-refractivity contribution in [2.24, 2.45) is 5.41 Å². The van der Waals surface area contributed by atoms with Gasteiger partial charge < -0.3 is 19.9 Å². The molecule has 1 fully saturated rings. The highest BCUT2D eigenvalue weighted by Gasteiger charge is 2.26. The van der Waals surface area contributed by atoms with Crippen LogP contribution in [0.25, 0.3) is 0 Å². The van der Waals surface area contributed by atoms with Gasteiger partial charge in [-0.1, -0.05) is 20.8 Å². The van der Waals surface area contributed by atoms with E-state index in [2.05, 4.69) is 5.32 Å². The van der Waals surface area contributed by atoms with E-state index in [9.17, 15) is 14.7 Å². The molecule has 2 N–H and O–H groups in total. The Kier molecular flexibility index (Phi) is 7.29. The van der Waals surface area contributed by atoms with Crippen molar-refractivity contribution in [2.75, 3.05) is 13.2 Å². The van der Waals surface area contributed by atoms with Crippen LogP contribution in [0.4, 0.5) is 0 Å². The minimum Gasteiger partial charge on any atom is -0.480 e. The van der Waals surface area contributed by atoms with E-state index >= 15 is 0 Å². The summed E-state index contributed by atoms with van der Waals surface area (Å²) in [7, 11) is 0. The predicted octanol–water partition coefficient (Wildman–Crippen LogP) is 1.97. The predicted molar refractivity (Wildman–Crippen MR) is 82.6 cm³/mol. The molecule has 0 aromatic carbocycles. The minimum absolute atomic E-state index is 0.0281. The van der Waals surface area contributed by atoms with Gasteiger partial charge in [0.1, 0.15) is 12.1 Å². The Morgan fingerprint density at radius 3 is 2.59 bits per heavy atom. The standard InChI is InChI=1S/C16H29NO5/c1-11(22-10-12-6-5-9-21-12)14(18)17-13(15(19)20)7-8-16(2,3)4/h11-13H,5-10H2,1-4H3,(H,17,18)(H,19,20). The topological polar surface area (TPSA) is 84.9 Å². The van der Waals surface area contributed by atoms with Crippen LogP contribution in [0.2, 0.25) is 0 Å². The molecule has 1 rings (SSSR count). The second kappa shape index (κ2) is 8.48. The second-order valence-electron chi connectivity index (χ2n) is 7.11. The van der Waals surface area contributed by atoms with E-state index in [1.807, 2.05) is 20.8 Å². The molecule has 0 saturated carbocycles. The maximum absolute atomic E-state index is 12.0. The van der Waals surface area contributed by atoms with Crippen LogP contribution in [0.15, 0.2) is 0 Å². The number of hydrogen-bond donors (Lipinski definition) is 2. The number of carboxylic acid groups (broad SMARTS) is 1. The molecule has 3 unspecified atom stereocenters. The first kappa shape index (κ1) is 18.9. The molecule has 0 aromatic rings. The zero-order chi connectivity index (χ0) is 16.8. The molecule has 0 aromatic heterocycles. The quantitative estimate of drug-likeness (QED) is 0.715. The highest BCUT2D eigenvalue weighted by molar-refractivity contribution is 5.86. The van der Waals surface area contributed by atoms with E-state index in [0.29, 0.717) is 13.0 Å². The van der Waals surface area contributed by atoms with Crippen LogP contribution in [0.1, 0.15) is 53.4 Å². The van der Waals surface area contributed by atoms with E-state index in [4.69, 9.17) is 9.47 Å². The SMILES string of the molecule is CC(OCC1CCCO1)C(=O)NC(CCC(C)(C)C)C(=O)O.